The number of hydrogen-bond acceptors (Lipinski definition) is 4. The van der Waals surface area contributed by atoms with Gasteiger partial charge in [0.2, 0.25) is 0 Å². The first-order valence-corrected chi connectivity index (χ1v) is 6.27. The number of nitrogens with two attached hydrogens (primary N) is 1. The van der Waals surface area contributed by atoms with Crippen LogP contribution in [-0.4, -0.2) is 18.7 Å². The summed E-state index contributed by atoms with van der Waals surface area (Å²) < 4.78 is 10.4. The zero-order valence-corrected chi connectivity index (χ0v) is 10.8. The SMILES string of the molecule is CC(C)OC(=O)COc1ccc2c(c1)CC[C@@H]2N. The van der Waals surface area contributed by atoms with Crippen LogP contribution < -0.4 is 10.5 Å². The van der Waals surface area contributed by atoms with Crippen LogP contribution in [0.15, 0.2) is 18.2 Å². The minimum Gasteiger partial charge on any atom is -0.482 e. The first-order valence-electron chi connectivity index (χ1n) is 6.27. The molecule has 4 heteroatoms. The molecule has 1 aliphatic rings. The fourth-order valence-electron chi connectivity index (χ4n) is 2.16. The lowest BCUT2D eigenvalue weighted by molar-refractivity contribution is -0.149. The quantitative estimate of drug-likeness (QED) is 0.829. The maximum absolute atomic E-state index is 11.3. The number of rotatable bonds is 4. The highest BCUT2D eigenvalue weighted by atomic mass is 16.6. The van der Waals surface area contributed by atoms with E-state index >= 15 is 0 Å². The highest BCUT2D eigenvalue weighted by Gasteiger charge is 2.19. The van der Waals surface area contributed by atoms with E-state index in [-0.39, 0.29) is 24.7 Å². The van der Waals surface area contributed by atoms with Crippen molar-refractivity contribution < 1.29 is 14.3 Å². The third kappa shape index (κ3) is 3.01. The molecule has 0 spiro atoms. The van der Waals surface area contributed by atoms with Crippen LogP contribution in [0.3, 0.4) is 0 Å². The van der Waals surface area contributed by atoms with Crippen molar-refractivity contribution in [2.24, 2.45) is 5.73 Å². The topological polar surface area (TPSA) is 61.5 Å². The van der Waals surface area contributed by atoms with Crippen molar-refractivity contribution in [1.82, 2.24) is 0 Å². The second-order valence-electron chi connectivity index (χ2n) is 4.83. The zero-order chi connectivity index (χ0) is 13.1. The Hall–Kier alpha value is -1.55. The molecule has 18 heavy (non-hydrogen) atoms. The van der Waals surface area contributed by atoms with Gasteiger partial charge in [0.15, 0.2) is 6.61 Å². The molecule has 0 saturated heterocycles. The van der Waals surface area contributed by atoms with Crippen LogP contribution >= 0.6 is 0 Å². The lowest BCUT2D eigenvalue weighted by Gasteiger charge is -2.10. The lowest BCUT2D eigenvalue weighted by atomic mass is 10.1. The number of fused-ring (bicyclic) bond motifs is 1. The molecule has 1 aliphatic carbocycles. The van der Waals surface area contributed by atoms with Crippen LogP contribution in [-0.2, 0) is 16.0 Å². The van der Waals surface area contributed by atoms with Crippen LogP contribution in [0.5, 0.6) is 5.75 Å². The number of aryl methyl sites for hydroxylation is 1. The van der Waals surface area contributed by atoms with Crippen molar-refractivity contribution in [1.29, 1.82) is 0 Å². The highest BCUT2D eigenvalue weighted by Crippen LogP contribution is 2.31. The molecule has 2 N–H and O–H groups in total. The molecule has 0 aliphatic heterocycles. The zero-order valence-electron chi connectivity index (χ0n) is 10.8. The third-order valence-corrected chi connectivity index (χ3v) is 2.96. The van der Waals surface area contributed by atoms with Crippen molar-refractivity contribution in [3.8, 4) is 5.75 Å². The van der Waals surface area contributed by atoms with E-state index in [1.54, 1.807) is 0 Å². The Balaban J connectivity index is 1.93. The number of ether oxygens (including phenoxy) is 2. The van der Waals surface area contributed by atoms with Crippen LogP contribution in [0.25, 0.3) is 0 Å². The molecule has 98 valence electrons. The van der Waals surface area contributed by atoms with Gasteiger partial charge in [-0.1, -0.05) is 6.07 Å². The Labute approximate surface area is 107 Å². The molecular formula is C14H19NO3. The standard InChI is InChI=1S/C14H19NO3/c1-9(2)18-14(16)8-17-11-4-5-12-10(7-11)3-6-13(12)15/h4-5,7,9,13H,3,6,8,15H2,1-2H3/t13-/m0/s1. The first kappa shape index (κ1) is 12.9. The van der Waals surface area contributed by atoms with Gasteiger partial charge in [0.25, 0.3) is 0 Å². The average Bonchev–Trinajstić information content (AvgIpc) is 2.67. The second-order valence-corrected chi connectivity index (χ2v) is 4.83. The van der Waals surface area contributed by atoms with Crippen LogP contribution in [0, 0.1) is 0 Å². The summed E-state index contributed by atoms with van der Waals surface area (Å²) in [4.78, 5) is 11.3. The maximum Gasteiger partial charge on any atom is 0.344 e. The third-order valence-electron chi connectivity index (χ3n) is 2.96. The van der Waals surface area contributed by atoms with Gasteiger partial charge in [0, 0.05) is 6.04 Å². The molecule has 1 aromatic carbocycles. The van der Waals surface area contributed by atoms with Crippen molar-refractivity contribution >= 4 is 5.97 Å². The van der Waals surface area contributed by atoms with Gasteiger partial charge in [-0.15, -0.1) is 0 Å². The molecule has 1 atom stereocenters. The van der Waals surface area contributed by atoms with Crippen molar-refractivity contribution in [2.45, 2.75) is 38.8 Å². The number of esters is 1. The van der Waals surface area contributed by atoms with Gasteiger partial charge >= 0.3 is 5.97 Å². The van der Waals surface area contributed by atoms with Crippen molar-refractivity contribution in [3.05, 3.63) is 29.3 Å². The van der Waals surface area contributed by atoms with Gasteiger partial charge in [-0.3, -0.25) is 0 Å². The minimum absolute atomic E-state index is 0.0526. The summed E-state index contributed by atoms with van der Waals surface area (Å²) >= 11 is 0. The van der Waals surface area contributed by atoms with Crippen molar-refractivity contribution in [3.63, 3.8) is 0 Å². The highest BCUT2D eigenvalue weighted by molar-refractivity contribution is 5.71. The molecule has 0 radical (unpaired) electrons. The van der Waals surface area contributed by atoms with Crippen molar-refractivity contribution in [2.75, 3.05) is 6.61 Å². The fraction of sp³-hybridized carbons (Fsp3) is 0.500. The van der Waals surface area contributed by atoms with Crippen LogP contribution in [0.4, 0.5) is 0 Å². The van der Waals surface area contributed by atoms with Crippen LogP contribution in [0.1, 0.15) is 37.4 Å². The molecule has 0 unspecified atom stereocenters. The van der Waals surface area contributed by atoms with E-state index in [0.29, 0.717) is 5.75 Å². The Bertz CT molecular complexity index is 443. The second kappa shape index (κ2) is 5.40. The predicted molar refractivity (Wildman–Crippen MR) is 68.4 cm³/mol. The lowest BCUT2D eigenvalue weighted by Crippen LogP contribution is -2.18. The molecule has 0 amide bonds. The minimum atomic E-state index is -0.345. The van der Waals surface area contributed by atoms with E-state index in [1.807, 2.05) is 32.0 Å². The van der Waals surface area contributed by atoms with E-state index in [0.717, 1.165) is 12.8 Å². The largest absolute Gasteiger partial charge is 0.482 e. The molecular weight excluding hydrogens is 230 g/mol. The predicted octanol–water partition coefficient (Wildman–Crippen LogP) is 1.96. The molecule has 0 fully saturated rings. The van der Waals surface area contributed by atoms with Gasteiger partial charge in [-0.05, 0) is 49.9 Å². The molecule has 4 nitrogen and oxygen atoms in total. The Morgan fingerprint density at radius 2 is 2.28 bits per heavy atom. The molecule has 0 aromatic heterocycles. The normalized spacial score (nSPS) is 17.7. The summed E-state index contributed by atoms with van der Waals surface area (Å²) in [7, 11) is 0. The van der Waals surface area contributed by atoms with Crippen LogP contribution in [0.2, 0.25) is 0 Å². The van der Waals surface area contributed by atoms with Gasteiger partial charge in [0.1, 0.15) is 5.75 Å². The summed E-state index contributed by atoms with van der Waals surface area (Å²) in [6.45, 7) is 3.58. The monoisotopic (exact) mass is 249 g/mol. The van der Waals surface area contributed by atoms with E-state index in [9.17, 15) is 4.79 Å². The smallest absolute Gasteiger partial charge is 0.344 e. The molecule has 0 saturated carbocycles. The summed E-state index contributed by atoms with van der Waals surface area (Å²) in [5.74, 6) is 0.353. The number of benzene rings is 1. The van der Waals surface area contributed by atoms with Gasteiger partial charge in [-0.2, -0.15) is 0 Å². The van der Waals surface area contributed by atoms with E-state index in [4.69, 9.17) is 15.2 Å². The summed E-state index contributed by atoms with van der Waals surface area (Å²) in [6, 6.07) is 5.94. The van der Waals surface area contributed by atoms with Gasteiger partial charge in [-0.25, -0.2) is 4.79 Å². The molecule has 0 heterocycles. The Morgan fingerprint density at radius 1 is 1.50 bits per heavy atom. The van der Waals surface area contributed by atoms with E-state index in [1.165, 1.54) is 11.1 Å². The fourth-order valence-corrected chi connectivity index (χ4v) is 2.16. The maximum atomic E-state index is 11.3. The van der Waals surface area contributed by atoms with Gasteiger partial charge in [0.05, 0.1) is 6.10 Å². The number of carbonyl (C=O) groups excluding carboxylic acids is 1. The molecule has 0 bridgehead atoms. The summed E-state index contributed by atoms with van der Waals surface area (Å²) in [5.41, 5.74) is 8.37. The molecule has 1 aromatic rings. The van der Waals surface area contributed by atoms with Gasteiger partial charge < -0.3 is 15.2 Å². The summed E-state index contributed by atoms with van der Waals surface area (Å²) in [5, 5.41) is 0. The summed E-state index contributed by atoms with van der Waals surface area (Å²) in [6.07, 6.45) is 1.84. The first-order chi connectivity index (χ1) is 8.56. The Morgan fingerprint density at radius 3 is 3.00 bits per heavy atom. The molecule has 2 rings (SSSR count). The average molecular weight is 249 g/mol. The number of carbonyl (C=O) groups is 1. The Kier molecular flexibility index (Phi) is 3.87. The number of hydrogen-bond donors (Lipinski definition) is 1. The van der Waals surface area contributed by atoms with E-state index in [2.05, 4.69) is 0 Å². The van der Waals surface area contributed by atoms with E-state index < -0.39 is 0 Å².